The second kappa shape index (κ2) is 5.56. The summed E-state index contributed by atoms with van der Waals surface area (Å²) in [5.41, 5.74) is 0. The third-order valence-corrected chi connectivity index (χ3v) is 4.73. The van der Waals surface area contributed by atoms with Gasteiger partial charge < -0.3 is 10.1 Å². The highest BCUT2D eigenvalue weighted by molar-refractivity contribution is 5.79. The lowest BCUT2D eigenvalue weighted by Crippen LogP contribution is -2.45. The number of ether oxygens (including phenoxy) is 1. The van der Waals surface area contributed by atoms with Crippen molar-refractivity contribution >= 4 is 5.97 Å². The van der Waals surface area contributed by atoms with Crippen molar-refractivity contribution in [2.75, 3.05) is 26.2 Å². The van der Waals surface area contributed by atoms with E-state index in [1.807, 2.05) is 0 Å². The lowest BCUT2D eigenvalue weighted by Gasteiger charge is -2.36. The fourth-order valence-corrected chi connectivity index (χ4v) is 3.74. The van der Waals surface area contributed by atoms with E-state index in [9.17, 15) is 13.6 Å². The van der Waals surface area contributed by atoms with Crippen molar-refractivity contribution in [3.63, 3.8) is 0 Å². The van der Waals surface area contributed by atoms with E-state index < -0.39 is 24.4 Å². The molecule has 0 bridgehead atoms. The Balaban J connectivity index is 1.51. The molecule has 0 aromatic heterocycles. The minimum atomic E-state index is -3.28. The van der Waals surface area contributed by atoms with Crippen molar-refractivity contribution < 1.29 is 18.3 Å². The van der Waals surface area contributed by atoms with Crippen molar-refractivity contribution in [1.29, 1.82) is 0 Å². The standard InChI is InChI=1S/C14H22F2N2O2/c15-14(16)7-11(20-13(14)19)9-18-6-2-3-10(8-18)12-4-1-5-17-12/h10-12,17H,1-9H2. The molecule has 6 heteroatoms. The highest BCUT2D eigenvalue weighted by Gasteiger charge is 2.51. The largest absolute Gasteiger partial charge is 0.456 e. The molecule has 0 aliphatic carbocycles. The number of nitrogens with zero attached hydrogens (tertiary/aromatic N) is 1. The number of carbonyl (C=O) groups excluding carboxylic acids is 1. The van der Waals surface area contributed by atoms with E-state index in [0.717, 1.165) is 26.1 Å². The Morgan fingerprint density at radius 3 is 2.85 bits per heavy atom. The SMILES string of the molecule is O=C1OC(CN2CCCC(C3CCCN3)C2)CC1(F)F. The topological polar surface area (TPSA) is 41.6 Å². The van der Waals surface area contributed by atoms with Crippen LogP contribution in [0.25, 0.3) is 0 Å². The van der Waals surface area contributed by atoms with Crippen LogP contribution in [0.15, 0.2) is 0 Å². The van der Waals surface area contributed by atoms with Gasteiger partial charge in [0.05, 0.1) is 6.42 Å². The van der Waals surface area contributed by atoms with Crippen LogP contribution in [0.3, 0.4) is 0 Å². The Hall–Kier alpha value is -0.750. The average molecular weight is 288 g/mol. The molecule has 3 atom stereocenters. The molecule has 0 spiro atoms. The number of piperidine rings is 1. The molecule has 3 heterocycles. The average Bonchev–Trinajstić information content (AvgIpc) is 2.99. The molecule has 3 unspecified atom stereocenters. The second-order valence-electron chi connectivity index (χ2n) is 6.30. The highest BCUT2D eigenvalue weighted by atomic mass is 19.3. The van der Waals surface area contributed by atoms with Gasteiger partial charge in [0.1, 0.15) is 6.10 Å². The van der Waals surface area contributed by atoms with Gasteiger partial charge in [0.2, 0.25) is 0 Å². The number of esters is 1. The first-order valence-electron chi connectivity index (χ1n) is 7.59. The van der Waals surface area contributed by atoms with E-state index >= 15 is 0 Å². The van der Waals surface area contributed by atoms with Crippen LogP contribution >= 0.6 is 0 Å². The van der Waals surface area contributed by atoms with Gasteiger partial charge in [-0.25, -0.2) is 4.79 Å². The summed E-state index contributed by atoms with van der Waals surface area (Å²) in [4.78, 5) is 13.2. The quantitative estimate of drug-likeness (QED) is 0.797. The zero-order chi connectivity index (χ0) is 14.2. The third kappa shape index (κ3) is 2.96. The normalized spacial score (nSPS) is 38.1. The van der Waals surface area contributed by atoms with Gasteiger partial charge in [-0.1, -0.05) is 0 Å². The van der Waals surface area contributed by atoms with E-state index in [1.54, 1.807) is 0 Å². The first-order chi connectivity index (χ1) is 9.54. The molecule has 3 aliphatic heterocycles. The summed E-state index contributed by atoms with van der Waals surface area (Å²) in [6.45, 7) is 3.39. The number of halogens is 2. The number of cyclic esters (lactones) is 1. The van der Waals surface area contributed by atoms with Crippen molar-refractivity contribution in [2.45, 2.75) is 50.2 Å². The zero-order valence-electron chi connectivity index (χ0n) is 11.6. The van der Waals surface area contributed by atoms with Gasteiger partial charge in [0.15, 0.2) is 0 Å². The molecular formula is C14H22F2N2O2. The van der Waals surface area contributed by atoms with Crippen LogP contribution in [-0.4, -0.2) is 55.1 Å². The molecule has 3 saturated heterocycles. The van der Waals surface area contributed by atoms with Gasteiger partial charge in [0, 0.05) is 19.1 Å². The number of hydrogen-bond donors (Lipinski definition) is 1. The lowest BCUT2D eigenvalue weighted by molar-refractivity contribution is -0.159. The maximum absolute atomic E-state index is 13.2. The number of likely N-dealkylation sites (tertiary alicyclic amines) is 1. The maximum atomic E-state index is 13.2. The summed E-state index contributed by atoms with van der Waals surface area (Å²) in [5.74, 6) is -4.04. The maximum Gasteiger partial charge on any atom is 0.377 e. The Morgan fingerprint density at radius 1 is 1.35 bits per heavy atom. The fourth-order valence-electron chi connectivity index (χ4n) is 3.74. The number of carbonyl (C=O) groups is 1. The lowest BCUT2D eigenvalue weighted by atomic mass is 9.89. The van der Waals surface area contributed by atoms with Crippen LogP contribution in [0, 0.1) is 5.92 Å². The van der Waals surface area contributed by atoms with Crippen LogP contribution in [-0.2, 0) is 9.53 Å². The summed E-state index contributed by atoms with van der Waals surface area (Å²) in [7, 11) is 0. The van der Waals surface area contributed by atoms with Crippen LogP contribution in [0.5, 0.6) is 0 Å². The third-order valence-electron chi connectivity index (χ3n) is 4.73. The minimum Gasteiger partial charge on any atom is -0.456 e. The highest BCUT2D eigenvalue weighted by Crippen LogP contribution is 2.32. The van der Waals surface area contributed by atoms with Gasteiger partial charge in [-0.2, -0.15) is 8.78 Å². The Kier molecular flexibility index (Phi) is 3.95. The fraction of sp³-hybridized carbons (Fsp3) is 0.929. The summed E-state index contributed by atoms with van der Waals surface area (Å²) < 4.78 is 31.1. The first-order valence-corrected chi connectivity index (χ1v) is 7.59. The Morgan fingerprint density at radius 2 is 2.20 bits per heavy atom. The second-order valence-corrected chi connectivity index (χ2v) is 6.30. The molecule has 3 rings (SSSR count). The van der Waals surface area contributed by atoms with Gasteiger partial charge in [-0.15, -0.1) is 0 Å². The molecule has 0 amide bonds. The van der Waals surface area contributed by atoms with Gasteiger partial charge in [-0.3, -0.25) is 4.90 Å². The van der Waals surface area contributed by atoms with E-state index in [2.05, 4.69) is 10.2 Å². The molecule has 20 heavy (non-hydrogen) atoms. The Bertz CT molecular complexity index is 372. The monoisotopic (exact) mass is 288 g/mol. The zero-order valence-corrected chi connectivity index (χ0v) is 11.6. The summed E-state index contributed by atoms with van der Waals surface area (Å²) in [5, 5.41) is 3.53. The van der Waals surface area contributed by atoms with Gasteiger partial charge in [-0.05, 0) is 44.7 Å². The van der Waals surface area contributed by atoms with E-state index in [4.69, 9.17) is 4.74 Å². The van der Waals surface area contributed by atoms with E-state index in [-0.39, 0.29) is 0 Å². The van der Waals surface area contributed by atoms with Crippen LogP contribution < -0.4 is 5.32 Å². The van der Waals surface area contributed by atoms with Crippen LogP contribution in [0.2, 0.25) is 0 Å². The number of alkyl halides is 2. The first kappa shape index (κ1) is 14.2. The number of hydrogen-bond acceptors (Lipinski definition) is 4. The van der Waals surface area contributed by atoms with Crippen molar-refractivity contribution in [1.82, 2.24) is 10.2 Å². The molecule has 3 fully saturated rings. The summed E-state index contributed by atoms with van der Waals surface area (Å²) >= 11 is 0. The molecular weight excluding hydrogens is 266 g/mol. The summed E-state index contributed by atoms with van der Waals surface area (Å²) in [6.07, 6.45) is 3.64. The van der Waals surface area contributed by atoms with Crippen LogP contribution in [0.1, 0.15) is 32.1 Å². The molecule has 0 saturated carbocycles. The molecule has 3 aliphatic rings. The summed E-state index contributed by atoms with van der Waals surface area (Å²) in [6, 6.07) is 0.574. The van der Waals surface area contributed by atoms with Crippen molar-refractivity contribution in [3.05, 3.63) is 0 Å². The molecule has 114 valence electrons. The molecule has 0 aromatic carbocycles. The predicted molar refractivity (Wildman–Crippen MR) is 69.6 cm³/mol. The number of nitrogens with one attached hydrogen (secondary N) is 1. The predicted octanol–water partition coefficient (Wildman–Crippen LogP) is 1.40. The smallest absolute Gasteiger partial charge is 0.377 e. The molecule has 0 aromatic rings. The van der Waals surface area contributed by atoms with E-state index in [0.29, 0.717) is 18.5 Å². The van der Waals surface area contributed by atoms with Gasteiger partial charge >= 0.3 is 11.9 Å². The van der Waals surface area contributed by atoms with Crippen molar-refractivity contribution in [2.24, 2.45) is 5.92 Å². The molecule has 0 radical (unpaired) electrons. The van der Waals surface area contributed by atoms with Crippen LogP contribution in [0.4, 0.5) is 8.78 Å². The van der Waals surface area contributed by atoms with E-state index in [1.165, 1.54) is 19.3 Å². The molecule has 1 N–H and O–H groups in total. The Labute approximate surface area is 117 Å². The minimum absolute atomic E-state index is 0.449. The van der Waals surface area contributed by atoms with Gasteiger partial charge in [0.25, 0.3) is 0 Å². The number of rotatable bonds is 3. The molecule has 4 nitrogen and oxygen atoms in total. The van der Waals surface area contributed by atoms with Crippen molar-refractivity contribution in [3.8, 4) is 0 Å².